The first-order valence-corrected chi connectivity index (χ1v) is 5.60. The van der Waals surface area contributed by atoms with E-state index >= 15 is 0 Å². The second-order valence-electron chi connectivity index (χ2n) is 4.32. The van der Waals surface area contributed by atoms with Gasteiger partial charge in [-0.25, -0.2) is 0 Å². The van der Waals surface area contributed by atoms with E-state index in [1.807, 2.05) is 0 Å². The Hall–Kier alpha value is -0.0800. The van der Waals surface area contributed by atoms with Crippen molar-refractivity contribution in [3.8, 4) is 0 Å². The molecule has 0 bridgehead atoms. The minimum Gasteiger partial charge on any atom is -0.396 e. The summed E-state index contributed by atoms with van der Waals surface area (Å²) in [5, 5.41) is 18.7. The zero-order valence-electron chi connectivity index (χ0n) is 8.47. The number of aliphatic hydroxyl groups is 2. The maximum atomic E-state index is 10.1. The lowest BCUT2D eigenvalue weighted by molar-refractivity contribution is -0.00606. The van der Waals surface area contributed by atoms with E-state index in [0.717, 1.165) is 38.5 Å². The molecule has 2 nitrogen and oxygen atoms in total. The second kappa shape index (κ2) is 5.61. The first kappa shape index (κ1) is 11.0. The maximum Gasteiger partial charge on any atom is 0.0647 e. The van der Waals surface area contributed by atoms with Crippen molar-refractivity contribution in [3.05, 3.63) is 0 Å². The zero-order valence-corrected chi connectivity index (χ0v) is 8.47. The van der Waals surface area contributed by atoms with Crippen LogP contribution in [0, 0.1) is 0 Å². The van der Waals surface area contributed by atoms with Gasteiger partial charge in [0.2, 0.25) is 0 Å². The van der Waals surface area contributed by atoms with Crippen LogP contribution in [0.1, 0.15) is 57.8 Å². The summed E-state index contributed by atoms with van der Waals surface area (Å²) >= 11 is 0. The summed E-state index contributed by atoms with van der Waals surface area (Å²) in [6.07, 6.45) is 9.60. The minimum atomic E-state index is -0.353. The monoisotopic (exact) mass is 186 g/mol. The van der Waals surface area contributed by atoms with Gasteiger partial charge in [0, 0.05) is 6.61 Å². The van der Waals surface area contributed by atoms with Gasteiger partial charge in [0.05, 0.1) is 5.60 Å². The van der Waals surface area contributed by atoms with Crippen LogP contribution in [-0.2, 0) is 0 Å². The summed E-state index contributed by atoms with van der Waals surface area (Å²) in [6, 6.07) is 0. The maximum absolute atomic E-state index is 10.1. The Morgan fingerprint density at radius 3 is 2.23 bits per heavy atom. The molecule has 0 aromatic carbocycles. The van der Waals surface area contributed by atoms with Gasteiger partial charge in [-0.05, 0) is 25.7 Å². The van der Waals surface area contributed by atoms with Crippen molar-refractivity contribution in [2.75, 3.05) is 6.61 Å². The van der Waals surface area contributed by atoms with Crippen molar-refractivity contribution in [2.45, 2.75) is 63.4 Å². The number of hydrogen-bond donors (Lipinski definition) is 2. The highest BCUT2D eigenvalue weighted by Gasteiger charge is 2.27. The van der Waals surface area contributed by atoms with Crippen LogP contribution in [0.5, 0.6) is 0 Å². The Morgan fingerprint density at radius 1 is 0.923 bits per heavy atom. The lowest BCUT2D eigenvalue weighted by atomic mass is 9.81. The minimum absolute atomic E-state index is 0.290. The summed E-state index contributed by atoms with van der Waals surface area (Å²) in [5.41, 5.74) is -0.353. The van der Waals surface area contributed by atoms with E-state index < -0.39 is 0 Å². The van der Waals surface area contributed by atoms with Gasteiger partial charge in [0.15, 0.2) is 0 Å². The quantitative estimate of drug-likeness (QED) is 0.646. The van der Waals surface area contributed by atoms with Gasteiger partial charge in [-0.2, -0.15) is 0 Å². The standard InChI is InChI=1S/C11H22O2/c12-10-6-2-5-9-11(13)7-3-1-4-8-11/h12-13H,1-10H2. The van der Waals surface area contributed by atoms with Crippen molar-refractivity contribution in [1.29, 1.82) is 0 Å². The molecule has 0 saturated heterocycles. The molecule has 0 unspecified atom stereocenters. The fourth-order valence-electron chi connectivity index (χ4n) is 2.20. The fourth-order valence-corrected chi connectivity index (χ4v) is 2.20. The molecule has 2 N–H and O–H groups in total. The summed E-state index contributed by atoms with van der Waals surface area (Å²) in [4.78, 5) is 0. The molecular weight excluding hydrogens is 164 g/mol. The van der Waals surface area contributed by atoms with Crippen LogP contribution in [0.25, 0.3) is 0 Å². The molecule has 0 aromatic rings. The van der Waals surface area contributed by atoms with Gasteiger partial charge in [-0.15, -0.1) is 0 Å². The molecule has 0 aromatic heterocycles. The molecule has 1 rings (SSSR count). The molecule has 0 spiro atoms. The Bertz CT molecular complexity index is 128. The largest absolute Gasteiger partial charge is 0.396 e. The number of rotatable bonds is 5. The highest BCUT2D eigenvalue weighted by Crippen LogP contribution is 2.32. The average Bonchev–Trinajstić information content (AvgIpc) is 2.14. The normalized spacial score (nSPS) is 21.7. The SMILES string of the molecule is OCCCCCC1(O)CCCCC1. The Kier molecular flexibility index (Phi) is 4.74. The third-order valence-electron chi connectivity index (χ3n) is 3.08. The van der Waals surface area contributed by atoms with Gasteiger partial charge < -0.3 is 10.2 Å². The van der Waals surface area contributed by atoms with E-state index in [-0.39, 0.29) is 5.60 Å². The number of aliphatic hydroxyl groups excluding tert-OH is 1. The zero-order chi connectivity index (χ0) is 9.57. The summed E-state index contributed by atoms with van der Waals surface area (Å²) in [5.74, 6) is 0. The summed E-state index contributed by atoms with van der Waals surface area (Å²) in [7, 11) is 0. The molecule has 2 heteroatoms. The first-order valence-electron chi connectivity index (χ1n) is 5.60. The smallest absolute Gasteiger partial charge is 0.0647 e. The first-order chi connectivity index (χ1) is 6.27. The topological polar surface area (TPSA) is 40.5 Å². The third kappa shape index (κ3) is 4.10. The number of hydrogen-bond acceptors (Lipinski definition) is 2. The van der Waals surface area contributed by atoms with E-state index in [9.17, 15) is 5.11 Å². The predicted molar refractivity (Wildman–Crippen MR) is 53.6 cm³/mol. The molecule has 1 saturated carbocycles. The predicted octanol–water partition coefficient (Wildman–Crippen LogP) is 2.23. The Morgan fingerprint density at radius 2 is 1.62 bits per heavy atom. The number of unbranched alkanes of at least 4 members (excludes halogenated alkanes) is 2. The molecule has 78 valence electrons. The lowest BCUT2D eigenvalue weighted by Crippen LogP contribution is -2.31. The van der Waals surface area contributed by atoms with Gasteiger partial charge in [0.25, 0.3) is 0 Å². The van der Waals surface area contributed by atoms with Gasteiger partial charge in [-0.1, -0.05) is 32.1 Å². The van der Waals surface area contributed by atoms with Crippen LogP contribution in [0.4, 0.5) is 0 Å². The van der Waals surface area contributed by atoms with Gasteiger partial charge in [0.1, 0.15) is 0 Å². The van der Waals surface area contributed by atoms with Gasteiger partial charge in [-0.3, -0.25) is 0 Å². The molecule has 0 amide bonds. The van der Waals surface area contributed by atoms with Gasteiger partial charge >= 0.3 is 0 Å². The Labute approximate surface area is 81.0 Å². The van der Waals surface area contributed by atoms with Crippen molar-refractivity contribution >= 4 is 0 Å². The average molecular weight is 186 g/mol. The molecule has 1 fully saturated rings. The second-order valence-corrected chi connectivity index (χ2v) is 4.32. The van der Waals surface area contributed by atoms with E-state index in [1.165, 1.54) is 19.3 Å². The van der Waals surface area contributed by atoms with Crippen LogP contribution >= 0.6 is 0 Å². The fraction of sp³-hybridized carbons (Fsp3) is 1.00. The van der Waals surface area contributed by atoms with E-state index in [2.05, 4.69) is 0 Å². The lowest BCUT2D eigenvalue weighted by Gasteiger charge is -2.32. The molecule has 13 heavy (non-hydrogen) atoms. The molecular formula is C11H22O2. The highest BCUT2D eigenvalue weighted by atomic mass is 16.3. The molecule has 1 aliphatic carbocycles. The van der Waals surface area contributed by atoms with Crippen LogP contribution in [-0.4, -0.2) is 22.4 Å². The summed E-state index contributed by atoms with van der Waals surface area (Å²) < 4.78 is 0. The van der Waals surface area contributed by atoms with Crippen molar-refractivity contribution in [1.82, 2.24) is 0 Å². The molecule has 1 aliphatic rings. The Balaban J connectivity index is 2.10. The van der Waals surface area contributed by atoms with E-state index in [0.29, 0.717) is 6.61 Å². The molecule has 0 aliphatic heterocycles. The van der Waals surface area contributed by atoms with E-state index in [4.69, 9.17) is 5.11 Å². The van der Waals surface area contributed by atoms with E-state index in [1.54, 1.807) is 0 Å². The highest BCUT2D eigenvalue weighted by molar-refractivity contribution is 4.81. The van der Waals surface area contributed by atoms with Crippen molar-refractivity contribution < 1.29 is 10.2 Å². The molecule has 0 atom stereocenters. The van der Waals surface area contributed by atoms with Crippen molar-refractivity contribution in [2.24, 2.45) is 0 Å². The molecule has 0 radical (unpaired) electrons. The van der Waals surface area contributed by atoms with Crippen LogP contribution in [0.15, 0.2) is 0 Å². The van der Waals surface area contributed by atoms with Crippen LogP contribution in [0.3, 0.4) is 0 Å². The van der Waals surface area contributed by atoms with Crippen molar-refractivity contribution in [3.63, 3.8) is 0 Å². The third-order valence-corrected chi connectivity index (χ3v) is 3.08. The molecule has 0 heterocycles. The van der Waals surface area contributed by atoms with Crippen LogP contribution in [0.2, 0.25) is 0 Å². The summed E-state index contributed by atoms with van der Waals surface area (Å²) in [6.45, 7) is 0.290. The van der Waals surface area contributed by atoms with Crippen LogP contribution < -0.4 is 0 Å².